The minimum Gasteiger partial charge on any atom is -0.493 e. The van der Waals surface area contributed by atoms with Gasteiger partial charge in [-0.05, 0) is 31.0 Å². The maximum absolute atomic E-state index is 11.7. The van der Waals surface area contributed by atoms with Gasteiger partial charge in [-0.1, -0.05) is 0 Å². The van der Waals surface area contributed by atoms with Crippen LogP contribution in [0, 0.1) is 0 Å². The molecule has 0 bridgehead atoms. The third kappa shape index (κ3) is 3.40. The van der Waals surface area contributed by atoms with Crippen molar-refractivity contribution in [3.8, 4) is 17.2 Å². The maximum Gasteiger partial charge on any atom is 0.351 e. The van der Waals surface area contributed by atoms with E-state index in [4.69, 9.17) is 13.9 Å². The van der Waals surface area contributed by atoms with Gasteiger partial charge in [0.25, 0.3) is 5.56 Å². The zero-order chi connectivity index (χ0) is 16.2. The lowest BCUT2D eigenvalue weighted by Crippen LogP contribution is -2.24. The smallest absolute Gasteiger partial charge is 0.351 e. The molecule has 0 aliphatic carbocycles. The van der Waals surface area contributed by atoms with E-state index in [1.54, 1.807) is 25.3 Å². The number of nitrogens with one attached hydrogen (secondary N) is 1. The highest BCUT2D eigenvalue weighted by atomic mass is 16.5. The van der Waals surface area contributed by atoms with E-state index < -0.39 is 11.2 Å². The zero-order valence-electron chi connectivity index (χ0n) is 12.6. The van der Waals surface area contributed by atoms with Crippen LogP contribution in [-0.4, -0.2) is 30.3 Å². The fraction of sp³-hybridized carbons (Fsp3) is 0.312. The fourth-order valence-electron chi connectivity index (χ4n) is 2.26. The van der Waals surface area contributed by atoms with Crippen LogP contribution < -0.4 is 16.0 Å². The molecular formula is C16H16N2O5. The van der Waals surface area contributed by atoms with Gasteiger partial charge in [-0.3, -0.25) is 9.78 Å². The van der Waals surface area contributed by atoms with E-state index in [2.05, 4.69) is 9.97 Å². The van der Waals surface area contributed by atoms with E-state index in [0.29, 0.717) is 24.5 Å². The Morgan fingerprint density at radius 3 is 2.83 bits per heavy atom. The Balaban J connectivity index is 1.88. The summed E-state index contributed by atoms with van der Waals surface area (Å²) in [7, 11) is 1.67. The van der Waals surface area contributed by atoms with E-state index in [1.807, 2.05) is 6.07 Å². The molecule has 0 saturated carbocycles. The Bertz CT molecular complexity index is 899. The number of aromatic amines is 1. The molecule has 2 aliphatic heterocycles. The monoisotopic (exact) mass is 316 g/mol. The summed E-state index contributed by atoms with van der Waals surface area (Å²) in [6.45, 7) is 1.28. The molecule has 1 N–H and O–H groups in total. The topological polar surface area (TPSA) is 94.4 Å². The van der Waals surface area contributed by atoms with Crippen molar-refractivity contribution < 1.29 is 13.9 Å². The Labute approximate surface area is 131 Å². The zero-order valence-corrected chi connectivity index (χ0v) is 12.6. The van der Waals surface area contributed by atoms with Crippen molar-refractivity contribution in [3.63, 3.8) is 0 Å². The van der Waals surface area contributed by atoms with Gasteiger partial charge in [0.15, 0.2) is 0 Å². The molecule has 23 heavy (non-hydrogen) atoms. The average Bonchev–Trinajstić information content (AvgIpc) is 2.53. The summed E-state index contributed by atoms with van der Waals surface area (Å²) in [5.74, 6) is 0.675. The van der Waals surface area contributed by atoms with Crippen molar-refractivity contribution in [1.29, 1.82) is 0 Å². The number of H-pyrrole nitrogens is 1. The first-order valence-corrected chi connectivity index (χ1v) is 7.27. The molecule has 2 heterocycles. The van der Waals surface area contributed by atoms with Gasteiger partial charge in [-0.15, -0.1) is 0 Å². The predicted octanol–water partition coefficient (Wildman–Crippen LogP) is 1.79. The highest BCUT2D eigenvalue weighted by Gasteiger charge is 2.14. The molecule has 0 amide bonds. The molecule has 7 heteroatoms. The summed E-state index contributed by atoms with van der Waals surface area (Å²) in [6.07, 6.45) is 1.81. The van der Waals surface area contributed by atoms with Crippen LogP contribution in [0.2, 0.25) is 0 Å². The quantitative estimate of drug-likeness (QED) is 0.550. The number of hydrogen-bond acceptors (Lipinski definition) is 6. The first-order valence-electron chi connectivity index (χ1n) is 7.27. The highest BCUT2D eigenvalue weighted by molar-refractivity contribution is 5.82. The Morgan fingerprint density at radius 1 is 1.17 bits per heavy atom. The molecule has 2 aliphatic rings. The minimum atomic E-state index is -0.726. The number of hydrogen-bond donors (Lipinski definition) is 1. The summed E-state index contributed by atoms with van der Waals surface area (Å²) in [5.41, 5.74) is -0.491. The van der Waals surface area contributed by atoms with Crippen molar-refractivity contribution in [2.75, 3.05) is 20.3 Å². The van der Waals surface area contributed by atoms with Crippen molar-refractivity contribution in [2.24, 2.45) is 0 Å². The number of fused-ring (bicyclic) bond motifs is 2. The summed E-state index contributed by atoms with van der Waals surface area (Å²) in [5, 5.41) is 0.732. The number of benzene rings is 1. The average molecular weight is 316 g/mol. The van der Waals surface area contributed by atoms with Crippen LogP contribution in [0.25, 0.3) is 22.4 Å². The largest absolute Gasteiger partial charge is 0.493 e. The molecule has 0 unspecified atom stereocenters. The third-order valence-corrected chi connectivity index (χ3v) is 3.40. The van der Waals surface area contributed by atoms with Gasteiger partial charge in [0, 0.05) is 25.2 Å². The molecular weight excluding hydrogens is 300 g/mol. The van der Waals surface area contributed by atoms with Gasteiger partial charge in [0.05, 0.1) is 6.61 Å². The SMILES string of the molecule is COCCCCOc1ccc2cc3c(=O)[nH]c(=O)nc-3oc2c1. The van der Waals surface area contributed by atoms with Crippen molar-refractivity contribution in [2.45, 2.75) is 12.8 Å². The van der Waals surface area contributed by atoms with Crippen LogP contribution in [0.5, 0.6) is 5.75 Å². The molecule has 7 nitrogen and oxygen atoms in total. The normalized spacial score (nSPS) is 11.2. The van der Waals surface area contributed by atoms with Gasteiger partial charge in [0.1, 0.15) is 16.9 Å². The van der Waals surface area contributed by atoms with Gasteiger partial charge in [-0.2, -0.15) is 4.98 Å². The van der Waals surface area contributed by atoms with E-state index in [9.17, 15) is 9.59 Å². The van der Waals surface area contributed by atoms with Crippen LogP contribution in [-0.2, 0) is 4.74 Å². The summed E-state index contributed by atoms with van der Waals surface area (Å²) in [4.78, 5) is 28.8. The Hall–Kier alpha value is -2.67. The molecule has 0 spiro atoms. The lowest BCUT2D eigenvalue weighted by atomic mass is 10.1. The minimum absolute atomic E-state index is 0.0171. The second kappa shape index (κ2) is 6.62. The highest BCUT2D eigenvalue weighted by Crippen LogP contribution is 2.26. The van der Waals surface area contributed by atoms with Crippen molar-refractivity contribution in [1.82, 2.24) is 9.97 Å². The standard InChI is InChI=1S/C16H16N2O5/c1-21-6-2-3-7-22-11-5-4-10-8-12-14(19)17-16(20)18-15(12)23-13(10)9-11/h4-5,8-9H,2-3,6-7H2,1H3,(H,17,19,20). The number of unbranched alkanes of at least 4 members (excludes halogenated alkanes) is 1. The summed E-state index contributed by atoms with van der Waals surface area (Å²) in [6, 6.07) is 6.97. The van der Waals surface area contributed by atoms with E-state index >= 15 is 0 Å². The van der Waals surface area contributed by atoms with Gasteiger partial charge in [0.2, 0.25) is 5.89 Å². The van der Waals surface area contributed by atoms with Crippen LogP contribution in [0.4, 0.5) is 0 Å². The van der Waals surface area contributed by atoms with Crippen LogP contribution in [0.3, 0.4) is 0 Å². The van der Waals surface area contributed by atoms with Crippen LogP contribution >= 0.6 is 0 Å². The summed E-state index contributed by atoms with van der Waals surface area (Å²) < 4.78 is 16.2. The second-order valence-corrected chi connectivity index (χ2v) is 5.08. The molecule has 3 rings (SSSR count). The number of methoxy groups -OCH3 is 1. The predicted molar refractivity (Wildman–Crippen MR) is 84.1 cm³/mol. The maximum atomic E-state index is 11.7. The van der Waals surface area contributed by atoms with Gasteiger partial charge in [-0.25, -0.2) is 4.79 Å². The molecule has 0 saturated heterocycles. The number of ether oxygens (including phenoxy) is 2. The molecule has 120 valence electrons. The summed E-state index contributed by atoms with van der Waals surface area (Å²) >= 11 is 0. The van der Waals surface area contributed by atoms with Crippen LogP contribution in [0.15, 0.2) is 38.3 Å². The van der Waals surface area contributed by atoms with Crippen molar-refractivity contribution in [3.05, 3.63) is 45.1 Å². The number of nitrogens with zero attached hydrogens (tertiary/aromatic N) is 1. The van der Waals surface area contributed by atoms with E-state index in [0.717, 1.165) is 18.2 Å². The first kappa shape index (κ1) is 15.2. The van der Waals surface area contributed by atoms with E-state index in [-0.39, 0.29) is 11.5 Å². The Kier molecular flexibility index (Phi) is 4.38. The van der Waals surface area contributed by atoms with Crippen molar-refractivity contribution >= 4 is 11.0 Å². The molecule has 0 fully saturated rings. The molecule has 0 atom stereocenters. The third-order valence-electron chi connectivity index (χ3n) is 3.40. The number of rotatable bonds is 6. The first-order chi connectivity index (χ1) is 11.2. The van der Waals surface area contributed by atoms with E-state index in [1.165, 1.54) is 0 Å². The number of aromatic nitrogens is 2. The molecule has 0 radical (unpaired) electrons. The Morgan fingerprint density at radius 2 is 2.00 bits per heavy atom. The molecule has 1 aromatic rings. The van der Waals surface area contributed by atoms with Gasteiger partial charge >= 0.3 is 5.69 Å². The molecule has 1 aromatic carbocycles. The fourth-order valence-corrected chi connectivity index (χ4v) is 2.26. The second-order valence-electron chi connectivity index (χ2n) is 5.08. The lowest BCUT2D eigenvalue weighted by molar-refractivity contribution is 0.184. The molecule has 0 aromatic heterocycles. The van der Waals surface area contributed by atoms with Gasteiger partial charge < -0.3 is 13.9 Å². The lowest BCUT2D eigenvalue weighted by Gasteiger charge is -2.08. The van der Waals surface area contributed by atoms with Crippen LogP contribution in [0.1, 0.15) is 12.8 Å².